The van der Waals surface area contributed by atoms with Gasteiger partial charge in [0.05, 0.1) is 0 Å². The van der Waals surface area contributed by atoms with Crippen LogP contribution < -0.4 is 4.74 Å². The Balaban J connectivity index is 1.39. The van der Waals surface area contributed by atoms with E-state index >= 15 is 0 Å². The van der Waals surface area contributed by atoms with Crippen molar-refractivity contribution >= 4 is 33.4 Å². The monoisotopic (exact) mass is 411 g/mol. The maximum atomic E-state index is 13.2. The number of benzene rings is 1. The van der Waals surface area contributed by atoms with Gasteiger partial charge in [0.2, 0.25) is 0 Å². The summed E-state index contributed by atoms with van der Waals surface area (Å²) in [5.74, 6) is 0.670. The molecule has 7 heteroatoms. The van der Waals surface area contributed by atoms with Crippen molar-refractivity contribution in [3.8, 4) is 5.75 Å². The topological polar surface area (TPSA) is 54.8 Å². The molecule has 3 aromatic rings. The van der Waals surface area contributed by atoms with E-state index in [1.807, 2.05) is 53.1 Å². The largest absolute Gasteiger partial charge is 0.484 e. The molecule has 0 saturated carbocycles. The number of carbonyl (C=O) groups is 2. The number of aryl methyl sites for hydroxylation is 1. The Labute approximate surface area is 174 Å². The van der Waals surface area contributed by atoms with Crippen LogP contribution in [0.15, 0.2) is 47.8 Å². The molecular weight excluding hydrogens is 386 g/mol. The summed E-state index contributed by atoms with van der Waals surface area (Å²) in [4.78, 5) is 30.6. The van der Waals surface area contributed by atoms with Gasteiger partial charge in [0.15, 0.2) is 6.61 Å². The minimum Gasteiger partial charge on any atom is -0.484 e. The Morgan fingerprint density at radius 2 is 1.97 bits per heavy atom. The molecular formula is C22H25N3O3S. The van der Waals surface area contributed by atoms with E-state index in [4.69, 9.17) is 4.74 Å². The predicted molar refractivity (Wildman–Crippen MR) is 115 cm³/mol. The lowest BCUT2D eigenvalue weighted by Gasteiger charge is -2.39. The van der Waals surface area contributed by atoms with Crippen molar-refractivity contribution in [1.82, 2.24) is 14.4 Å². The minimum atomic E-state index is -0.0503. The molecule has 29 heavy (non-hydrogen) atoms. The number of hydrogen-bond acceptors (Lipinski definition) is 4. The summed E-state index contributed by atoms with van der Waals surface area (Å²) in [6, 6.07) is 13.3. The summed E-state index contributed by atoms with van der Waals surface area (Å²) < 4.78 is 7.68. The van der Waals surface area contributed by atoms with Crippen molar-refractivity contribution in [3.63, 3.8) is 0 Å². The van der Waals surface area contributed by atoms with Crippen LogP contribution in [-0.4, -0.2) is 58.5 Å². The summed E-state index contributed by atoms with van der Waals surface area (Å²) in [6.07, 6.45) is 0. The molecule has 0 spiro atoms. The molecule has 0 bridgehead atoms. The molecule has 1 aliphatic heterocycles. The number of hydrogen-bond donors (Lipinski definition) is 0. The van der Waals surface area contributed by atoms with Crippen LogP contribution in [0.4, 0.5) is 0 Å². The van der Waals surface area contributed by atoms with Crippen LogP contribution in [0.3, 0.4) is 0 Å². The maximum Gasteiger partial charge on any atom is 0.270 e. The number of thiophene rings is 1. The zero-order valence-corrected chi connectivity index (χ0v) is 17.5. The van der Waals surface area contributed by atoms with Crippen LogP contribution in [0, 0.1) is 0 Å². The summed E-state index contributed by atoms with van der Waals surface area (Å²) >= 11 is 1.66. The average Bonchev–Trinajstić information content (AvgIpc) is 3.33. The number of aromatic nitrogens is 1. The van der Waals surface area contributed by atoms with Crippen LogP contribution >= 0.6 is 11.3 Å². The molecule has 1 saturated heterocycles. The highest BCUT2D eigenvalue weighted by Gasteiger charge is 2.31. The van der Waals surface area contributed by atoms with Crippen molar-refractivity contribution in [2.24, 2.45) is 0 Å². The Bertz CT molecular complexity index is 1010. The lowest BCUT2D eigenvalue weighted by molar-refractivity contribution is -0.137. The van der Waals surface area contributed by atoms with Gasteiger partial charge >= 0.3 is 0 Å². The van der Waals surface area contributed by atoms with E-state index in [0.717, 1.165) is 22.5 Å². The molecule has 0 radical (unpaired) electrons. The van der Waals surface area contributed by atoms with Gasteiger partial charge in [0.25, 0.3) is 11.8 Å². The standard InChI is InChI=1S/C22H25N3O3S/c1-3-24-19(13-17-9-12-29-22(17)24)21(27)23-10-11-25(16(2)14-23)20(26)15-28-18-7-5-4-6-8-18/h4-9,12-13,16H,3,10-11,14-15H2,1-2H3/t16-/m1/s1. The molecule has 152 valence electrons. The Morgan fingerprint density at radius 3 is 2.69 bits per heavy atom. The zero-order chi connectivity index (χ0) is 20.4. The van der Waals surface area contributed by atoms with Gasteiger partial charge in [-0.25, -0.2) is 0 Å². The lowest BCUT2D eigenvalue weighted by Crippen LogP contribution is -2.56. The highest BCUT2D eigenvalue weighted by molar-refractivity contribution is 7.16. The second-order valence-electron chi connectivity index (χ2n) is 7.24. The molecule has 1 fully saturated rings. The SMILES string of the molecule is CCn1c(C(=O)N2CCN(C(=O)COc3ccccc3)[C@H](C)C2)cc2ccsc21. The van der Waals surface area contributed by atoms with Crippen LogP contribution in [0.5, 0.6) is 5.75 Å². The van der Waals surface area contributed by atoms with E-state index < -0.39 is 0 Å². The van der Waals surface area contributed by atoms with E-state index in [-0.39, 0.29) is 24.5 Å². The van der Waals surface area contributed by atoms with Gasteiger partial charge < -0.3 is 19.1 Å². The van der Waals surface area contributed by atoms with E-state index in [1.54, 1.807) is 11.3 Å². The highest BCUT2D eigenvalue weighted by atomic mass is 32.1. The number of carbonyl (C=O) groups excluding carboxylic acids is 2. The number of nitrogens with zero attached hydrogens (tertiary/aromatic N) is 3. The van der Waals surface area contributed by atoms with Gasteiger partial charge in [-0.3, -0.25) is 9.59 Å². The fraction of sp³-hybridized carbons (Fsp3) is 0.364. The highest BCUT2D eigenvalue weighted by Crippen LogP contribution is 2.26. The first-order chi connectivity index (χ1) is 14.1. The number of amides is 2. The van der Waals surface area contributed by atoms with Gasteiger partial charge in [-0.1, -0.05) is 18.2 Å². The van der Waals surface area contributed by atoms with Crippen molar-refractivity contribution in [1.29, 1.82) is 0 Å². The quantitative estimate of drug-likeness (QED) is 0.646. The average molecular weight is 412 g/mol. The molecule has 4 rings (SSSR count). The fourth-order valence-electron chi connectivity index (χ4n) is 3.89. The first-order valence-electron chi connectivity index (χ1n) is 9.91. The van der Waals surface area contributed by atoms with E-state index in [9.17, 15) is 9.59 Å². The summed E-state index contributed by atoms with van der Waals surface area (Å²) in [6.45, 7) is 6.39. The third kappa shape index (κ3) is 3.87. The second kappa shape index (κ2) is 8.29. The molecule has 1 aliphatic rings. The Hall–Kier alpha value is -2.80. The lowest BCUT2D eigenvalue weighted by atomic mass is 10.1. The number of ether oxygens (including phenoxy) is 1. The number of piperazine rings is 1. The van der Waals surface area contributed by atoms with Crippen molar-refractivity contribution in [3.05, 3.63) is 53.5 Å². The second-order valence-corrected chi connectivity index (χ2v) is 8.14. The smallest absolute Gasteiger partial charge is 0.270 e. The molecule has 0 aliphatic carbocycles. The van der Waals surface area contributed by atoms with Gasteiger partial charge in [-0.2, -0.15) is 0 Å². The third-order valence-electron chi connectivity index (χ3n) is 5.38. The molecule has 2 aromatic heterocycles. The third-order valence-corrected chi connectivity index (χ3v) is 6.33. The molecule has 0 N–H and O–H groups in total. The maximum absolute atomic E-state index is 13.2. The molecule has 1 atom stereocenters. The van der Waals surface area contributed by atoms with Gasteiger partial charge in [0, 0.05) is 37.6 Å². The van der Waals surface area contributed by atoms with Crippen LogP contribution in [0.25, 0.3) is 10.2 Å². The first-order valence-corrected chi connectivity index (χ1v) is 10.8. The van der Waals surface area contributed by atoms with Crippen LogP contribution in [0.1, 0.15) is 24.3 Å². The molecule has 3 heterocycles. The van der Waals surface area contributed by atoms with Crippen molar-refractivity contribution < 1.29 is 14.3 Å². The van der Waals surface area contributed by atoms with Gasteiger partial charge in [0.1, 0.15) is 16.3 Å². The number of fused-ring (bicyclic) bond motifs is 1. The first kappa shape index (κ1) is 19.5. The molecule has 0 unspecified atom stereocenters. The summed E-state index contributed by atoms with van der Waals surface area (Å²) in [5.41, 5.74) is 0.730. The van der Waals surface area contributed by atoms with Crippen molar-refractivity contribution in [2.45, 2.75) is 26.4 Å². The predicted octanol–water partition coefficient (Wildman–Crippen LogP) is 3.47. The number of rotatable bonds is 5. The van der Waals surface area contributed by atoms with Crippen molar-refractivity contribution in [2.75, 3.05) is 26.2 Å². The van der Waals surface area contributed by atoms with Gasteiger partial charge in [-0.05, 0) is 43.5 Å². The summed E-state index contributed by atoms with van der Waals surface area (Å²) in [5, 5.41) is 3.16. The Kier molecular flexibility index (Phi) is 5.58. The van der Waals surface area contributed by atoms with E-state index in [2.05, 4.69) is 22.9 Å². The molecule has 6 nitrogen and oxygen atoms in total. The van der Waals surface area contributed by atoms with Crippen LogP contribution in [0.2, 0.25) is 0 Å². The van der Waals surface area contributed by atoms with Crippen LogP contribution in [-0.2, 0) is 11.3 Å². The summed E-state index contributed by atoms with van der Waals surface area (Å²) in [7, 11) is 0. The van der Waals surface area contributed by atoms with E-state index in [1.165, 1.54) is 0 Å². The van der Waals surface area contributed by atoms with E-state index in [0.29, 0.717) is 25.4 Å². The normalized spacial score (nSPS) is 17.0. The minimum absolute atomic E-state index is 0.0112. The number of para-hydroxylation sites is 1. The fourth-order valence-corrected chi connectivity index (χ4v) is 4.85. The zero-order valence-electron chi connectivity index (χ0n) is 16.7. The molecule has 2 amide bonds. The molecule has 1 aromatic carbocycles. The van der Waals surface area contributed by atoms with Gasteiger partial charge in [-0.15, -0.1) is 11.3 Å². The Morgan fingerprint density at radius 1 is 1.17 bits per heavy atom.